The fraction of sp³-hybridized carbons (Fsp3) is 0.0769. The van der Waals surface area contributed by atoms with Crippen molar-refractivity contribution in [3.63, 3.8) is 0 Å². The van der Waals surface area contributed by atoms with E-state index in [4.69, 9.17) is 5.26 Å². The van der Waals surface area contributed by atoms with E-state index >= 15 is 0 Å². The SMILES string of the molecule is N#Cc1cc(-c2ccccc2)c(C(F)(F)F)cn1. The van der Waals surface area contributed by atoms with Gasteiger partial charge in [-0.1, -0.05) is 30.3 Å². The number of halogens is 3. The molecule has 0 atom stereocenters. The average molecular weight is 248 g/mol. The van der Waals surface area contributed by atoms with Crippen LogP contribution in [0, 0.1) is 11.3 Å². The van der Waals surface area contributed by atoms with Gasteiger partial charge in [0.15, 0.2) is 0 Å². The maximum atomic E-state index is 12.8. The quantitative estimate of drug-likeness (QED) is 0.772. The van der Waals surface area contributed by atoms with Crippen molar-refractivity contribution in [1.82, 2.24) is 4.98 Å². The molecule has 0 radical (unpaired) electrons. The molecule has 0 fully saturated rings. The lowest BCUT2D eigenvalue weighted by Crippen LogP contribution is -2.08. The summed E-state index contributed by atoms with van der Waals surface area (Å²) in [6.07, 6.45) is -3.80. The summed E-state index contributed by atoms with van der Waals surface area (Å²) in [5, 5.41) is 8.71. The molecule has 1 aromatic carbocycles. The molecule has 0 unspecified atom stereocenters. The molecule has 0 saturated carbocycles. The molecule has 90 valence electrons. The standard InChI is InChI=1S/C13H7F3N2/c14-13(15,16)12-8-18-10(7-17)6-11(12)9-4-2-1-3-5-9/h1-6,8H. The van der Waals surface area contributed by atoms with Crippen LogP contribution in [0.15, 0.2) is 42.6 Å². The number of hydrogen-bond donors (Lipinski definition) is 0. The van der Waals surface area contributed by atoms with E-state index in [0.29, 0.717) is 11.8 Å². The number of benzene rings is 1. The number of rotatable bonds is 1. The summed E-state index contributed by atoms with van der Waals surface area (Å²) in [5.41, 5.74) is -0.507. The first-order valence-corrected chi connectivity index (χ1v) is 5.05. The van der Waals surface area contributed by atoms with Gasteiger partial charge in [-0.3, -0.25) is 0 Å². The lowest BCUT2D eigenvalue weighted by atomic mass is 10.0. The highest BCUT2D eigenvalue weighted by Gasteiger charge is 2.34. The van der Waals surface area contributed by atoms with Crippen LogP contribution in [0.25, 0.3) is 11.1 Å². The zero-order chi connectivity index (χ0) is 13.2. The van der Waals surface area contributed by atoms with Crippen LogP contribution < -0.4 is 0 Å². The molecule has 0 aliphatic carbocycles. The van der Waals surface area contributed by atoms with Crippen LogP contribution in [-0.4, -0.2) is 4.98 Å². The fourth-order valence-corrected chi connectivity index (χ4v) is 1.60. The van der Waals surface area contributed by atoms with Crippen molar-refractivity contribution < 1.29 is 13.2 Å². The molecule has 0 saturated heterocycles. The molecule has 0 amide bonds. The lowest BCUT2D eigenvalue weighted by Gasteiger charge is -2.12. The Bertz CT molecular complexity index is 598. The van der Waals surface area contributed by atoms with Crippen molar-refractivity contribution in [2.24, 2.45) is 0 Å². The van der Waals surface area contributed by atoms with Gasteiger partial charge in [-0.2, -0.15) is 18.4 Å². The Morgan fingerprint density at radius 3 is 2.33 bits per heavy atom. The van der Waals surface area contributed by atoms with Crippen LogP contribution in [0.5, 0.6) is 0 Å². The summed E-state index contributed by atoms with van der Waals surface area (Å²) in [4.78, 5) is 3.47. The van der Waals surface area contributed by atoms with Gasteiger partial charge in [0.05, 0.1) is 5.56 Å². The van der Waals surface area contributed by atoms with Crippen molar-refractivity contribution in [2.75, 3.05) is 0 Å². The minimum Gasteiger partial charge on any atom is -0.245 e. The molecular weight excluding hydrogens is 241 g/mol. The summed E-state index contributed by atoms with van der Waals surface area (Å²) < 4.78 is 38.5. The van der Waals surface area contributed by atoms with Gasteiger partial charge in [0, 0.05) is 6.20 Å². The average Bonchev–Trinajstić information content (AvgIpc) is 2.38. The highest BCUT2D eigenvalue weighted by molar-refractivity contribution is 5.68. The van der Waals surface area contributed by atoms with Gasteiger partial charge in [0.25, 0.3) is 0 Å². The van der Waals surface area contributed by atoms with Crippen LogP contribution in [0.3, 0.4) is 0 Å². The summed E-state index contributed by atoms with van der Waals surface area (Å²) in [7, 11) is 0. The smallest absolute Gasteiger partial charge is 0.245 e. The molecule has 18 heavy (non-hydrogen) atoms. The highest BCUT2D eigenvalue weighted by Crippen LogP contribution is 2.36. The van der Waals surface area contributed by atoms with E-state index in [1.165, 1.54) is 0 Å². The Morgan fingerprint density at radius 2 is 1.78 bits per heavy atom. The zero-order valence-corrected chi connectivity index (χ0v) is 9.07. The molecule has 5 heteroatoms. The predicted molar refractivity (Wildman–Crippen MR) is 59.4 cm³/mol. The normalized spacial score (nSPS) is 11.0. The van der Waals surface area contributed by atoms with Gasteiger partial charge in [0.2, 0.25) is 0 Å². The second kappa shape index (κ2) is 4.49. The Kier molecular flexibility index (Phi) is 3.02. The maximum Gasteiger partial charge on any atom is 0.418 e. The third-order valence-corrected chi connectivity index (χ3v) is 2.41. The van der Waals surface area contributed by atoms with Gasteiger partial charge < -0.3 is 0 Å². The molecule has 1 aromatic heterocycles. The number of alkyl halides is 3. The second-order valence-corrected chi connectivity index (χ2v) is 3.59. The predicted octanol–water partition coefficient (Wildman–Crippen LogP) is 3.64. The molecule has 0 bridgehead atoms. The number of aromatic nitrogens is 1. The van der Waals surface area contributed by atoms with Crippen molar-refractivity contribution in [3.05, 3.63) is 53.9 Å². The van der Waals surface area contributed by atoms with Crippen LogP contribution in [-0.2, 0) is 6.18 Å². The monoisotopic (exact) mass is 248 g/mol. The molecular formula is C13H7F3N2. The number of nitriles is 1. The highest BCUT2D eigenvalue weighted by atomic mass is 19.4. The Labute approximate surface area is 101 Å². The third-order valence-electron chi connectivity index (χ3n) is 2.41. The Balaban J connectivity index is 2.67. The summed E-state index contributed by atoms with van der Waals surface area (Å²) in [6, 6.07) is 11.0. The van der Waals surface area contributed by atoms with E-state index in [0.717, 1.165) is 6.07 Å². The molecule has 2 nitrogen and oxygen atoms in total. The van der Waals surface area contributed by atoms with Gasteiger partial charge in [0.1, 0.15) is 11.8 Å². The molecule has 0 N–H and O–H groups in total. The van der Waals surface area contributed by atoms with Crippen LogP contribution in [0.1, 0.15) is 11.3 Å². The van der Waals surface area contributed by atoms with Gasteiger partial charge in [-0.25, -0.2) is 4.98 Å². The molecule has 0 spiro atoms. The lowest BCUT2D eigenvalue weighted by molar-refractivity contribution is -0.137. The minimum atomic E-state index is -4.49. The fourth-order valence-electron chi connectivity index (χ4n) is 1.60. The van der Waals surface area contributed by atoms with Gasteiger partial charge in [-0.05, 0) is 17.2 Å². The molecule has 1 heterocycles. The van der Waals surface area contributed by atoms with E-state index in [1.54, 1.807) is 36.4 Å². The van der Waals surface area contributed by atoms with Crippen LogP contribution in [0.2, 0.25) is 0 Å². The van der Waals surface area contributed by atoms with E-state index in [1.807, 2.05) is 0 Å². The largest absolute Gasteiger partial charge is 0.418 e. The van der Waals surface area contributed by atoms with E-state index < -0.39 is 11.7 Å². The Morgan fingerprint density at radius 1 is 1.11 bits per heavy atom. The van der Waals surface area contributed by atoms with E-state index in [-0.39, 0.29) is 11.3 Å². The first-order valence-electron chi connectivity index (χ1n) is 5.05. The van der Waals surface area contributed by atoms with Gasteiger partial charge >= 0.3 is 6.18 Å². The minimum absolute atomic E-state index is 0.0327. The van der Waals surface area contributed by atoms with Gasteiger partial charge in [-0.15, -0.1) is 0 Å². The van der Waals surface area contributed by atoms with E-state index in [9.17, 15) is 13.2 Å². The van der Waals surface area contributed by atoms with Crippen molar-refractivity contribution >= 4 is 0 Å². The molecule has 2 rings (SSSR count). The van der Waals surface area contributed by atoms with E-state index in [2.05, 4.69) is 4.98 Å². The first-order chi connectivity index (χ1) is 8.52. The summed E-state index contributed by atoms with van der Waals surface area (Å²) >= 11 is 0. The summed E-state index contributed by atoms with van der Waals surface area (Å²) in [5.74, 6) is 0. The van der Waals surface area contributed by atoms with Crippen LogP contribution >= 0.6 is 0 Å². The van der Waals surface area contributed by atoms with Crippen molar-refractivity contribution in [2.45, 2.75) is 6.18 Å². The van der Waals surface area contributed by atoms with Crippen molar-refractivity contribution in [1.29, 1.82) is 5.26 Å². The maximum absolute atomic E-state index is 12.8. The third kappa shape index (κ3) is 2.33. The number of pyridine rings is 1. The first kappa shape index (κ1) is 12.1. The molecule has 0 aliphatic heterocycles. The molecule has 0 aliphatic rings. The second-order valence-electron chi connectivity index (χ2n) is 3.59. The topological polar surface area (TPSA) is 36.7 Å². The van der Waals surface area contributed by atoms with Crippen LogP contribution in [0.4, 0.5) is 13.2 Å². The Hall–Kier alpha value is -2.35. The number of hydrogen-bond acceptors (Lipinski definition) is 2. The van der Waals surface area contributed by atoms with Crippen molar-refractivity contribution in [3.8, 4) is 17.2 Å². The summed E-state index contributed by atoms with van der Waals surface area (Å²) in [6.45, 7) is 0. The molecule has 2 aromatic rings. The zero-order valence-electron chi connectivity index (χ0n) is 9.07. The number of nitrogens with zero attached hydrogens (tertiary/aromatic N) is 2.